The minimum atomic E-state index is 0.0135. The Morgan fingerprint density at radius 1 is 1.00 bits per heavy atom. The van der Waals surface area contributed by atoms with Gasteiger partial charge in [0.1, 0.15) is 17.7 Å². The Bertz CT molecular complexity index is 781. The minimum Gasteiger partial charge on any atom is -0.474 e. The van der Waals surface area contributed by atoms with E-state index >= 15 is 0 Å². The van der Waals surface area contributed by atoms with Crippen LogP contribution >= 0.6 is 0 Å². The van der Waals surface area contributed by atoms with Crippen LogP contribution in [0.5, 0.6) is 5.88 Å². The zero-order valence-electron chi connectivity index (χ0n) is 18.2. The molecule has 0 radical (unpaired) electrons. The molecule has 1 fully saturated rings. The van der Waals surface area contributed by atoms with Crippen LogP contribution in [0.4, 0.5) is 11.6 Å². The maximum atomic E-state index is 6.38. The van der Waals surface area contributed by atoms with Gasteiger partial charge in [-0.15, -0.1) is 0 Å². The Morgan fingerprint density at radius 2 is 1.68 bits per heavy atom. The van der Waals surface area contributed by atoms with Gasteiger partial charge in [-0.1, -0.05) is 60.1 Å². The van der Waals surface area contributed by atoms with Crippen molar-refractivity contribution in [3.63, 3.8) is 0 Å². The predicted octanol–water partition coefficient (Wildman–Crippen LogP) is 6.36. The summed E-state index contributed by atoms with van der Waals surface area (Å²) >= 11 is 0. The average molecular weight is 382 g/mol. The van der Waals surface area contributed by atoms with Crippen LogP contribution in [0, 0.1) is 17.8 Å². The number of rotatable bonds is 5. The van der Waals surface area contributed by atoms with Gasteiger partial charge < -0.3 is 10.1 Å². The molecule has 0 aromatic carbocycles. The van der Waals surface area contributed by atoms with E-state index in [-0.39, 0.29) is 11.5 Å². The maximum absolute atomic E-state index is 6.38. The molecule has 1 aliphatic rings. The molecule has 1 N–H and O–H groups in total. The highest BCUT2D eigenvalue weighted by molar-refractivity contribution is 5.52. The zero-order valence-corrected chi connectivity index (χ0v) is 18.2. The van der Waals surface area contributed by atoms with Gasteiger partial charge in [0.05, 0.1) is 0 Å². The van der Waals surface area contributed by atoms with Crippen LogP contribution in [0.3, 0.4) is 0 Å². The number of pyridine rings is 2. The standard InChI is InChI=1S/C24H35N3O/c1-16(2)18-14-13-17(3)15-19(18)28-23-12-8-11-22(27-23)26-21-10-7-9-20(25-21)24(4,5)6/h7-12,16-19H,13-15H2,1-6H3,(H,25,26,27). The molecule has 3 atom stereocenters. The third-order valence-corrected chi connectivity index (χ3v) is 5.73. The molecule has 2 aromatic heterocycles. The first-order valence-corrected chi connectivity index (χ1v) is 10.6. The lowest BCUT2D eigenvalue weighted by Crippen LogP contribution is -2.36. The summed E-state index contributed by atoms with van der Waals surface area (Å²) in [5, 5.41) is 3.33. The third-order valence-electron chi connectivity index (χ3n) is 5.73. The number of hydrogen-bond donors (Lipinski definition) is 1. The maximum Gasteiger partial charge on any atom is 0.215 e. The van der Waals surface area contributed by atoms with Crippen molar-refractivity contribution in [2.24, 2.45) is 17.8 Å². The van der Waals surface area contributed by atoms with Gasteiger partial charge >= 0.3 is 0 Å². The SMILES string of the molecule is CC1CCC(C(C)C)C(Oc2cccc(Nc3cccc(C(C)(C)C)n3)n2)C1. The van der Waals surface area contributed by atoms with Crippen molar-refractivity contribution >= 4 is 11.6 Å². The van der Waals surface area contributed by atoms with Crippen LogP contribution in [0.25, 0.3) is 0 Å². The fraction of sp³-hybridized carbons (Fsp3) is 0.583. The minimum absolute atomic E-state index is 0.0135. The topological polar surface area (TPSA) is 47.0 Å². The van der Waals surface area contributed by atoms with Crippen LogP contribution in [-0.4, -0.2) is 16.1 Å². The van der Waals surface area contributed by atoms with E-state index in [1.54, 1.807) is 0 Å². The molecule has 3 unspecified atom stereocenters. The molecule has 28 heavy (non-hydrogen) atoms. The highest BCUT2D eigenvalue weighted by Crippen LogP contribution is 2.36. The molecule has 2 aromatic rings. The lowest BCUT2D eigenvalue weighted by atomic mass is 9.75. The van der Waals surface area contributed by atoms with E-state index in [9.17, 15) is 0 Å². The van der Waals surface area contributed by atoms with Crippen molar-refractivity contribution in [2.45, 2.75) is 72.3 Å². The van der Waals surface area contributed by atoms with Gasteiger partial charge in [0.2, 0.25) is 5.88 Å². The van der Waals surface area contributed by atoms with Crippen molar-refractivity contribution < 1.29 is 4.74 Å². The summed E-state index contributed by atoms with van der Waals surface area (Å²) in [5.41, 5.74) is 1.07. The van der Waals surface area contributed by atoms with Gasteiger partial charge in [-0.05, 0) is 48.8 Å². The third kappa shape index (κ3) is 5.24. The summed E-state index contributed by atoms with van der Waals surface area (Å²) in [5.74, 6) is 4.21. The zero-order chi connectivity index (χ0) is 20.3. The van der Waals surface area contributed by atoms with Crippen LogP contribution in [0.2, 0.25) is 0 Å². The first-order chi connectivity index (χ1) is 13.2. The number of ether oxygens (including phenoxy) is 1. The van der Waals surface area contributed by atoms with E-state index in [1.165, 1.54) is 12.8 Å². The van der Waals surface area contributed by atoms with Crippen LogP contribution in [0.15, 0.2) is 36.4 Å². The first-order valence-electron chi connectivity index (χ1n) is 10.6. The first kappa shape index (κ1) is 20.6. The van der Waals surface area contributed by atoms with Gasteiger partial charge in [-0.2, -0.15) is 4.98 Å². The lowest BCUT2D eigenvalue weighted by Gasteiger charge is -2.37. The summed E-state index contributed by atoms with van der Waals surface area (Å²) in [6.07, 6.45) is 3.89. The van der Waals surface area contributed by atoms with Gasteiger partial charge in [0, 0.05) is 17.2 Å². The second-order valence-electron chi connectivity index (χ2n) is 9.63. The molecule has 4 heteroatoms. The smallest absolute Gasteiger partial charge is 0.215 e. The molecule has 0 amide bonds. The lowest BCUT2D eigenvalue weighted by molar-refractivity contribution is 0.0428. The Kier molecular flexibility index (Phi) is 6.26. The molecule has 1 saturated carbocycles. The molecule has 4 nitrogen and oxygen atoms in total. The van der Waals surface area contributed by atoms with Crippen molar-refractivity contribution in [1.82, 2.24) is 9.97 Å². The van der Waals surface area contributed by atoms with E-state index in [2.05, 4.69) is 52.9 Å². The highest BCUT2D eigenvalue weighted by Gasteiger charge is 2.32. The molecule has 0 bridgehead atoms. The number of anilines is 2. The summed E-state index contributed by atoms with van der Waals surface area (Å²) in [4.78, 5) is 9.44. The molecular formula is C24H35N3O. The Labute approximate surface area is 170 Å². The van der Waals surface area contributed by atoms with Crippen LogP contribution in [0.1, 0.15) is 66.5 Å². The normalized spacial score (nSPS) is 22.9. The largest absolute Gasteiger partial charge is 0.474 e. The fourth-order valence-corrected chi connectivity index (χ4v) is 4.01. The molecule has 1 aliphatic carbocycles. The van der Waals surface area contributed by atoms with E-state index in [1.807, 2.05) is 30.3 Å². The summed E-state index contributed by atoms with van der Waals surface area (Å²) in [6, 6.07) is 12.0. The molecular weight excluding hydrogens is 346 g/mol. The van der Waals surface area contributed by atoms with E-state index in [4.69, 9.17) is 14.7 Å². The molecule has 2 heterocycles. The number of aromatic nitrogens is 2. The molecule has 0 saturated heterocycles. The van der Waals surface area contributed by atoms with Gasteiger partial charge in [-0.3, -0.25) is 0 Å². The number of nitrogens with one attached hydrogen (secondary N) is 1. The molecule has 0 spiro atoms. The van der Waals surface area contributed by atoms with Gasteiger partial charge in [0.15, 0.2) is 0 Å². The van der Waals surface area contributed by atoms with Crippen LogP contribution < -0.4 is 10.1 Å². The van der Waals surface area contributed by atoms with Crippen LogP contribution in [-0.2, 0) is 5.41 Å². The van der Waals surface area contributed by atoms with E-state index in [0.717, 1.165) is 23.8 Å². The summed E-state index contributed by atoms with van der Waals surface area (Å²) < 4.78 is 6.38. The van der Waals surface area contributed by atoms with Gasteiger partial charge in [-0.25, -0.2) is 4.98 Å². The van der Waals surface area contributed by atoms with Crippen molar-refractivity contribution in [2.75, 3.05) is 5.32 Å². The highest BCUT2D eigenvalue weighted by atomic mass is 16.5. The fourth-order valence-electron chi connectivity index (χ4n) is 4.01. The quantitative estimate of drug-likeness (QED) is 0.655. The van der Waals surface area contributed by atoms with E-state index < -0.39 is 0 Å². The Hall–Kier alpha value is -2.10. The van der Waals surface area contributed by atoms with Crippen molar-refractivity contribution in [1.29, 1.82) is 0 Å². The van der Waals surface area contributed by atoms with Crippen molar-refractivity contribution in [3.05, 3.63) is 42.1 Å². The number of hydrogen-bond acceptors (Lipinski definition) is 4. The molecule has 3 rings (SSSR count). The summed E-state index contributed by atoms with van der Waals surface area (Å²) in [6.45, 7) is 13.4. The molecule has 0 aliphatic heterocycles. The second-order valence-corrected chi connectivity index (χ2v) is 9.63. The second kappa shape index (κ2) is 8.50. The Morgan fingerprint density at radius 3 is 2.36 bits per heavy atom. The average Bonchev–Trinajstić information content (AvgIpc) is 2.61. The number of nitrogens with zero attached hydrogens (tertiary/aromatic N) is 2. The summed E-state index contributed by atoms with van der Waals surface area (Å²) in [7, 11) is 0. The van der Waals surface area contributed by atoms with E-state index in [0.29, 0.717) is 23.6 Å². The Balaban J connectivity index is 1.74. The molecule has 152 valence electrons. The monoisotopic (exact) mass is 381 g/mol. The van der Waals surface area contributed by atoms with Crippen molar-refractivity contribution in [3.8, 4) is 5.88 Å². The van der Waals surface area contributed by atoms with Gasteiger partial charge in [0.25, 0.3) is 0 Å². The predicted molar refractivity (Wildman–Crippen MR) is 116 cm³/mol.